The smallest absolute Gasteiger partial charge is 0.253 e. The second kappa shape index (κ2) is 9.09. The summed E-state index contributed by atoms with van der Waals surface area (Å²) >= 11 is 12.4. The van der Waals surface area contributed by atoms with E-state index in [0.29, 0.717) is 28.6 Å². The molecule has 0 spiro atoms. The molecule has 1 unspecified atom stereocenters. The molecule has 1 fully saturated rings. The van der Waals surface area contributed by atoms with Crippen molar-refractivity contribution in [2.75, 3.05) is 19.7 Å². The van der Waals surface area contributed by atoms with Gasteiger partial charge in [-0.3, -0.25) is 4.79 Å². The van der Waals surface area contributed by atoms with Crippen molar-refractivity contribution in [1.82, 2.24) is 4.90 Å². The molecule has 0 aliphatic carbocycles. The summed E-state index contributed by atoms with van der Waals surface area (Å²) in [5, 5.41) is 10.5. The van der Waals surface area contributed by atoms with Crippen molar-refractivity contribution in [2.24, 2.45) is 0 Å². The molecule has 0 saturated carbocycles. The Morgan fingerprint density at radius 2 is 1.85 bits per heavy atom. The van der Waals surface area contributed by atoms with E-state index >= 15 is 0 Å². The Morgan fingerprint density at radius 3 is 2.56 bits per heavy atom. The van der Waals surface area contributed by atoms with Gasteiger partial charge < -0.3 is 10.0 Å². The van der Waals surface area contributed by atoms with Gasteiger partial charge in [0.1, 0.15) is 0 Å². The highest BCUT2D eigenvalue weighted by Crippen LogP contribution is 2.40. The minimum Gasteiger partial charge on any atom is -0.396 e. The molecular weight excluding hydrogens is 381 g/mol. The van der Waals surface area contributed by atoms with E-state index in [1.807, 2.05) is 53.4 Å². The average Bonchev–Trinajstić information content (AvgIpc) is 2.92. The molecule has 144 valence electrons. The minimum absolute atomic E-state index is 0.0610. The van der Waals surface area contributed by atoms with Crippen LogP contribution in [0.2, 0.25) is 10.0 Å². The van der Waals surface area contributed by atoms with E-state index in [1.165, 1.54) is 0 Å². The summed E-state index contributed by atoms with van der Waals surface area (Å²) in [5.41, 5.74) is 1.58. The lowest BCUT2D eigenvalue weighted by Gasteiger charge is -2.37. The highest BCUT2D eigenvalue weighted by atomic mass is 35.5. The van der Waals surface area contributed by atoms with Gasteiger partial charge in [0.2, 0.25) is 0 Å². The maximum atomic E-state index is 13.1. The molecule has 3 nitrogen and oxygen atoms in total. The summed E-state index contributed by atoms with van der Waals surface area (Å²) in [5.74, 6) is 0.0610. The maximum Gasteiger partial charge on any atom is 0.253 e. The van der Waals surface area contributed by atoms with Crippen molar-refractivity contribution >= 4 is 29.1 Å². The number of carbonyl (C=O) groups is 1. The zero-order valence-electron chi connectivity index (χ0n) is 15.3. The van der Waals surface area contributed by atoms with Crippen LogP contribution in [-0.4, -0.2) is 35.6 Å². The maximum absolute atomic E-state index is 13.1. The number of aliphatic hydroxyl groups is 1. The topological polar surface area (TPSA) is 40.5 Å². The third kappa shape index (κ3) is 4.66. The molecule has 1 aliphatic rings. The Balaban J connectivity index is 1.95. The summed E-state index contributed by atoms with van der Waals surface area (Å²) in [6.07, 6.45) is 4.46. The van der Waals surface area contributed by atoms with Crippen molar-refractivity contribution < 1.29 is 9.90 Å². The molecule has 0 aromatic heterocycles. The fraction of sp³-hybridized carbons (Fsp3) is 0.409. The van der Waals surface area contributed by atoms with Gasteiger partial charge in [-0.2, -0.15) is 0 Å². The fourth-order valence-corrected chi connectivity index (χ4v) is 4.35. The van der Waals surface area contributed by atoms with Crippen molar-refractivity contribution in [2.45, 2.75) is 37.5 Å². The zero-order valence-corrected chi connectivity index (χ0v) is 16.8. The van der Waals surface area contributed by atoms with Gasteiger partial charge in [-0.15, -0.1) is 0 Å². The van der Waals surface area contributed by atoms with Crippen LogP contribution < -0.4 is 0 Å². The number of hydrogen-bond acceptors (Lipinski definition) is 2. The van der Waals surface area contributed by atoms with Gasteiger partial charge in [-0.1, -0.05) is 53.9 Å². The monoisotopic (exact) mass is 405 g/mol. The van der Waals surface area contributed by atoms with Crippen LogP contribution in [0.4, 0.5) is 0 Å². The van der Waals surface area contributed by atoms with E-state index in [-0.39, 0.29) is 17.9 Å². The lowest BCUT2D eigenvalue weighted by atomic mass is 9.73. The minimum atomic E-state index is -0.224. The SMILES string of the molecule is O=C(c1ccccc1)N1CCCCC(CCCO)(c2ccc(Cl)c(Cl)c2)C1. The molecular formula is C22H25Cl2NO2. The van der Waals surface area contributed by atoms with Crippen LogP contribution in [0.5, 0.6) is 0 Å². The van der Waals surface area contributed by atoms with Crippen LogP contribution in [-0.2, 0) is 5.41 Å². The second-order valence-corrected chi connectivity index (χ2v) is 8.10. The fourth-order valence-electron chi connectivity index (χ4n) is 4.05. The van der Waals surface area contributed by atoms with Gasteiger partial charge in [0, 0.05) is 30.7 Å². The predicted octanol–water partition coefficient (Wildman–Crippen LogP) is 5.33. The van der Waals surface area contributed by atoms with Crippen molar-refractivity contribution in [3.63, 3.8) is 0 Å². The van der Waals surface area contributed by atoms with Crippen LogP contribution in [0.15, 0.2) is 48.5 Å². The lowest BCUT2D eigenvalue weighted by molar-refractivity contribution is 0.0719. The van der Waals surface area contributed by atoms with E-state index in [2.05, 4.69) is 0 Å². The number of hydrogen-bond donors (Lipinski definition) is 1. The number of halogens is 2. The Kier molecular flexibility index (Phi) is 6.80. The molecule has 5 heteroatoms. The Labute approximate surface area is 170 Å². The number of amides is 1. The average molecular weight is 406 g/mol. The first-order chi connectivity index (χ1) is 13.1. The Hall–Kier alpha value is -1.55. The number of carbonyl (C=O) groups excluding carboxylic acids is 1. The van der Waals surface area contributed by atoms with Crippen LogP contribution in [0.1, 0.15) is 48.0 Å². The van der Waals surface area contributed by atoms with Gasteiger partial charge in [-0.25, -0.2) is 0 Å². The molecule has 1 amide bonds. The molecule has 1 heterocycles. The molecule has 27 heavy (non-hydrogen) atoms. The first-order valence-electron chi connectivity index (χ1n) is 9.46. The van der Waals surface area contributed by atoms with Gasteiger partial charge >= 0.3 is 0 Å². The van der Waals surface area contributed by atoms with Crippen LogP contribution in [0.25, 0.3) is 0 Å². The summed E-state index contributed by atoms with van der Waals surface area (Å²) in [6, 6.07) is 15.2. The molecule has 0 radical (unpaired) electrons. The number of rotatable bonds is 5. The summed E-state index contributed by atoms with van der Waals surface area (Å²) in [6.45, 7) is 1.50. The highest BCUT2D eigenvalue weighted by molar-refractivity contribution is 6.42. The van der Waals surface area contributed by atoms with Crippen molar-refractivity contribution in [3.05, 3.63) is 69.7 Å². The molecule has 1 saturated heterocycles. The Morgan fingerprint density at radius 1 is 1.07 bits per heavy atom. The Bertz CT molecular complexity index is 781. The zero-order chi connectivity index (χ0) is 19.3. The third-order valence-corrected chi connectivity index (χ3v) is 6.22. The van der Waals surface area contributed by atoms with E-state index in [9.17, 15) is 9.90 Å². The molecule has 2 aromatic rings. The quantitative estimate of drug-likeness (QED) is 0.729. The van der Waals surface area contributed by atoms with Crippen molar-refractivity contribution in [3.8, 4) is 0 Å². The third-order valence-electron chi connectivity index (χ3n) is 5.48. The first kappa shape index (κ1) is 20.2. The number of aliphatic hydroxyl groups excluding tert-OH is 1. The van der Waals surface area contributed by atoms with Crippen LogP contribution >= 0.6 is 23.2 Å². The van der Waals surface area contributed by atoms with Gasteiger partial charge in [0.15, 0.2) is 0 Å². The number of benzene rings is 2. The van der Waals surface area contributed by atoms with E-state index in [4.69, 9.17) is 23.2 Å². The number of likely N-dealkylation sites (tertiary alicyclic amines) is 1. The predicted molar refractivity (Wildman–Crippen MR) is 111 cm³/mol. The van der Waals surface area contributed by atoms with Gasteiger partial charge in [0.25, 0.3) is 5.91 Å². The molecule has 0 bridgehead atoms. The standard InChI is InChI=1S/C22H25Cl2NO2/c23-19-10-9-18(15-20(19)24)22(12-6-14-26)11-4-5-13-25(16-22)21(27)17-7-2-1-3-8-17/h1-3,7-10,15,26H,4-6,11-14,16H2. The van der Waals surface area contributed by atoms with Gasteiger partial charge in [0.05, 0.1) is 10.0 Å². The second-order valence-electron chi connectivity index (χ2n) is 7.29. The molecule has 1 aliphatic heterocycles. The summed E-state index contributed by atoms with van der Waals surface area (Å²) in [4.78, 5) is 15.1. The number of nitrogens with zero attached hydrogens (tertiary/aromatic N) is 1. The summed E-state index contributed by atoms with van der Waals surface area (Å²) < 4.78 is 0. The van der Waals surface area contributed by atoms with E-state index in [1.54, 1.807) is 0 Å². The molecule has 1 N–H and O–H groups in total. The normalized spacial score (nSPS) is 20.3. The van der Waals surface area contributed by atoms with E-state index < -0.39 is 0 Å². The molecule has 3 rings (SSSR count). The molecule has 2 aromatic carbocycles. The lowest BCUT2D eigenvalue weighted by Crippen LogP contribution is -2.42. The summed E-state index contributed by atoms with van der Waals surface area (Å²) in [7, 11) is 0. The first-order valence-corrected chi connectivity index (χ1v) is 10.2. The van der Waals surface area contributed by atoms with Crippen molar-refractivity contribution in [1.29, 1.82) is 0 Å². The van der Waals surface area contributed by atoms with Crippen LogP contribution in [0.3, 0.4) is 0 Å². The largest absolute Gasteiger partial charge is 0.396 e. The van der Waals surface area contributed by atoms with Gasteiger partial charge in [-0.05, 0) is 55.5 Å². The highest BCUT2D eigenvalue weighted by Gasteiger charge is 2.37. The van der Waals surface area contributed by atoms with Crippen LogP contribution in [0, 0.1) is 0 Å². The van der Waals surface area contributed by atoms with E-state index in [0.717, 1.165) is 37.8 Å². The molecule has 1 atom stereocenters.